The maximum Gasteiger partial charge on any atom is 0.238 e. The van der Waals surface area contributed by atoms with Gasteiger partial charge in [0.05, 0.1) is 0 Å². The van der Waals surface area contributed by atoms with Crippen molar-refractivity contribution in [1.29, 1.82) is 0 Å². The molecule has 2 rings (SSSR count). The van der Waals surface area contributed by atoms with Crippen LogP contribution in [0.3, 0.4) is 0 Å². The molecular formula is C12H19N5O. The van der Waals surface area contributed by atoms with E-state index in [0.717, 1.165) is 13.0 Å². The smallest absolute Gasteiger partial charge is 0.238 e. The van der Waals surface area contributed by atoms with Gasteiger partial charge in [0.15, 0.2) is 5.82 Å². The van der Waals surface area contributed by atoms with Crippen molar-refractivity contribution in [3.05, 3.63) is 18.3 Å². The highest BCUT2D eigenvalue weighted by molar-refractivity contribution is 5.40. The van der Waals surface area contributed by atoms with Gasteiger partial charge in [0.1, 0.15) is 0 Å². The summed E-state index contributed by atoms with van der Waals surface area (Å²) in [7, 11) is 0. The SMILES string of the molecule is CCNC(Cc1nc(-c2ncc[nH]2)no1)C(C)C. The van der Waals surface area contributed by atoms with E-state index in [1.54, 1.807) is 12.4 Å². The first-order valence-corrected chi connectivity index (χ1v) is 6.26. The summed E-state index contributed by atoms with van der Waals surface area (Å²) in [6, 6.07) is 0.347. The van der Waals surface area contributed by atoms with Gasteiger partial charge < -0.3 is 14.8 Å². The molecule has 0 amide bonds. The second kappa shape index (κ2) is 5.77. The van der Waals surface area contributed by atoms with Crippen molar-refractivity contribution in [3.8, 4) is 11.6 Å². The van der Waals surface area contributed by atoms with Crippen molar-refractivity contribution in [2.24, 2.45) is 5.92 Å². The molecule has 2 aromatic rings. The van der Waals surface area contributed by atoms with Crippen LogP contribution in [0.1, 0.15) is 26.7 Å². The van der Waals surface area contributed by atoms with Gasteiger partial charge in [-0.15, -0.1) is 0 Å². The van der Waals surface area contributed by atoms with Crippen LogP contribution in [0, 0.1) is 5.92 Å². The van der Waals surface area contributed by atoms with Crippen LogP contribution in [0.2, 0.25) is 0 Å². The van der Waals surface area contributed by atoms with E-state index in [9.17, 15) is 0 Å². The standard InChI is InChI=1S/C12H19N5O/c1-4-13-9(8(2)3)7-10-16-12(17-18-10)11-14-5-6-15-11/h5-6,8-9,13H,4,7H2,1-3H3,(H,14,15). The van der Waals surface area contributed by atoms with Gasteiger partial charge in [-0.1, -0.05) is 25.9 Å². The van der Waals surface area contributed by atoms with Gasteiger partial charge in [-0.3, -0.25) is 0 Å². The molecule has 0 spiro atoms. The fourth-order valence-electron chi connectivity index (χ4n) is 1.82. The van der Waals surface area contributed by atoms with E-state index in [1.165, 1.54) is 0 Å². The van der Waals surface area contributed by atoms with Gasteiger partial charge in [0.2, 0.25) is 11.7 Å². The molecule has 6 nitrogen and oxygen atoms in total. The highest BCUT2D eigenvalue weighted by Crippen LogP contribution is 2.13. The Balaban J connectivity index is 2.06. The van der Waals surface area contributed by atoms with E-state index in [1.807, 2.05) is 0 Å². The molecule has 0 fully saturated rings. The normalized spacial score (nSPS) is 13.1. The van der Waals surface area contributed by atoms with Gasteiger partial charge >= 0.3 is 0 Å². The average Bonchev–Trinajstić information content (AvgIpc) is 2.98. The lowest BCUT2D eigenvalue weighted by atomic mass is 10.0. The summed E-state index contributed by atoms with van der Waals surface area (Å²) in [4.78, 5) is 11.4. The summed E-state index contributed by atoms with van der Waals surface area (Å²) < 4.78 is 5.25. The third-order valence-corrected chi connectivity index (χ3v) is 2.84. The number of nitrogens with zero attached hydrogens (tertiary/aromatic N) is 3. The van der Waals surface area contributed by atoms with E-state index in [-0.39, 0.29) is 0 Å². The highest BCUT2D eigenvalue weighted by Gasteiger charge is 2.18. The molecule has 0 aliphatic carbocycles. The number of aromatic nitrogens is 4. The van der Waals surface area contributed by atoms with Crippen molar-refractivity contribution in [2.75, 3.05) is 6.54 Å². The lowest BCUT2D eigenvalue weighted by molar-refractivity contribution is 0.329. The van der Waals surface area contributed by atoms with Crippen LogP contribution >= 0.6 is 0 Å². The molecule has 1 unspecified atom stereocenters. The minimum absolute atomic E-state index is 0.347. The Morgan fingerprint density at radius 1 is 1.44 bits per heavy atom. The molecule has 0 saturated heterocycles. The zero-order valence-corrected chi connectivity index (χ0v) is 11.0. The van der Waals surface area contributed by atoms with E-state index in [2.05, 4.69) is 46.2 Å². The molecule has 2 aromatic heterocycles. The maximum absolute atomic E-state index is 5.25. The second-order valence-electron chi connectivity index (χ2n) is 4.56. The van der Waals surface area contributed by atoms with E-state index >= 15 is 0 Å². The summed E-state index contributed by atoms with van der Waals surface area (Å²) in [6.45, 7) is 7.38. The molecule has 0 bridgehead atoms. The molecule has 0 aliphatic heterocycles. The van der Waals surface area contributed by atoms with Crippen LogP contribution in [0.15, 0.2) is 16.9 Å². The summed E-state index contributed by atoms with van der Waals surface area (Å²) in [5.41, 5.74) is 0. The summed E-state index contributed by atoms with van der Waals surface area (Å²) in [6.07, 6.45) is 4.14. The average molecular weight is 249 g/mol. The first kappa shape index (κ1) is 12.8. The Hall–Kier alpha value is -1.69. The van der Waals surface area contributed by atoms with Crippen LogP contribution in [0.4, 0.5) is 0 Å². The number of rotatable bonds is 6. The number of nitrogens with one attached hydrogen (secondary N) is 2. The zero-order chi connectivity index (χ0) is 13.0. The topological polar surface area (TPSA) is 79.6 Å². The Bertz CT molecular complexity index is 463. The van der Waals surface area contributed by atoms with Gasteiger partial charge in [0.25, 0.3) is 0 Å². The maximum atomic E-state index is 5.25. The molecule has 0 saturated carbocycles. The van der Waals surface area contributed by atoms with Crippen molar-refractivity contribution in [2.45, 2.75) is 33.2 Å². The number of hydrogen-bond acceptors (Lipinski definition) is 5. The van der Waals surface area contributed by atoms with Gasteiger partial charge in [-0.25, -0.2) is 4.98 Å². The van der Waals surface area contributed by atoms with Crippen molar-refractivity contribution in [3.63, 3.8) is 0 Å². The van der Waals surface area contributed by atoms with Gasteiger partial charge in [-0.05, 0) is 12.5 Å². The predicted molar refractivity (Wildman–Crippen MR) is 67.9 cm³/mol. The molecular weight excluding hydrogens is 230 g/mol. The minimum atomic E-state index is 0.347. The number of likely N-dealkylation sites (N-methyl/N-ethyl adjacent to an activating group) is 1. The Labute approximate surface area is 106 Å². The lowest BCUT2D eigenvalue weighted by Crippen LogP contribution is -2.35. The third-order valence-electron chi connectivity index (χ3n) is 2.84. The molecule has 2 N–H and O–H groups in total. The molecule has 1 atom stereocenters. The number of H-pyrrole nitrogens is 1. The molecule has 2 heterocycles. The molecule has 18 heavy (non-hydrogen) atoms. The van der Waals surface area contributed by atoms with Crippen molar-refractivity contribution in [1.82, 2.24) is 25.4 Å². The second-order valence-corrected chi connectivity index (χ2v) is 4.56. The fraction of sp³-hybridized carbons (Fsp3) is 0.583. The quantitative estimate of drug-likeness (QED) is 0.813. The van der Waals surface area contributed by atoms with Crippen LogP contribution in [0.25, 0.3) is 11.6 Å². The number of hydrogen-bond donors (Lipinski definition) is 2. The number of aromatic amines is 1. The lowest BCUT2D eigenvalue weighted by Gasteiger charge is -2.19. The fourth-order valence-corrected chi connectivity index (χ4v) is 1.82. The molecule has 0 aromatic carbocycles. The third kappa shape index (κ3) is 2.95. The zero-order valence-electron chi connectivity index (χ0n) is 11.0. The minimum Gasteiger partial charge on any atom is -0.342 e. The van der Waals surface area contributed by atoms with Crippen LogP contribution < -0.4 is 5.32 Å². The van der Waals surface area contributed by atoms with E-state index in [4.69, 9.17) is 4.52 Å². The molecule has 0 aliphatic rings. The first-order valence-electron chi connectivity index (χ1n) is 6.26. The number of imidazole rings is 1. The summed E-state index contributed by atoms with van der Waals surface area (Å²) in [5, 5.41) is 7.35. The Morgan fingerprint density at radius 3 is 2.89 bits per heavy atom. The predicted octanol–water partition coefficient (Wildman–Crippen LogP) is 1.64. The van der Waals surface area contributed by atoms with Crippen molar-refractivity contribution >= 4 is 0 Å². The molecule has 0 radical (unpaired) electrons. The van der Waals surface area contributed by atoms with Crippen LogP contribution in [-0.4, -0.2) is 32.7 Å². The largest absolute Gasteiger partial charge is 0.342 e. The monoisotopic (exact) mass is 249 g/mol. The molecule has 6 heteroatoms. The van der Waals surface area contributed by atoms with Crippen LogP contribution in [-0.2, 0) is 6.42 Å². The van der Waals surface area contributed by atoms with E-state index < -0.39 is 0 Å². The van der Waals surface area contributed by atoms with Crippen LogP contribution in [0.5, 0.6) is 0 Å². The van der Waals surface area contributed by atoms with Gasteiger partial charge in [-0.2, -0.15) is 4.98 Å². The summed E-state index contributed by atoms with van der Waals surface area (Å²) in [5.74, 6) is 2.30. The molecule has 98 valence electrons. The van der Waals surface area contributed by atoms with E-state index in [0.29, 0.717) is 29.5 Å². The summed E-state index contributed by atoms with van der Waals surface area (Å²) >= 11 is 0. The first-order chi connectivity index (χ1) is 8.70. The van der Waals surface area contributed by atoms with Gasteiger partial charge in [0, 0.05) is 24.9 Å². The Kier molecular flexibility index (Phi) is 4.09. The highest BCUT2D eigenvalue weighted by atomic mass is 16.5. The van der Waals surface area contributed by atoms with Crippen molar-refractivity contribution < 1.29 is 4.52 Å². The Morgan fingerprint density at radius 2 is 2.28 bits per heavy atom.